The molecule has 1 atom stereocenters. The average Bonchev–Trinajstić information content (AvgIpc) is 2.67. The van der Waals surface area contributed by atoms with Crippen LogP contribution in [0.1, 0.15) is 29.3 Å². The zero-order chi connectivity index (χ0) is 24.9. The predicted octanol–water partition coefficient (Wildman–Crippen LogP) is 4.30. The van der Waals surface area contributed by atoms with E-state index in [1.54, 1.807) is 0 Å². The first-order chi connectivity index (χ1) is 15.0. The first kappa shape index (κ1) is 24.8. The van der Waals surface area contributed by atoms with Crippen molar-refractivity contribution in [2.24, 2.45) is 10.7 Å². The Morgan fingerprint density at radius 1 is 1.27 bits per heavy atom. The molecule has 0 saturated heterocycles. The Bertz CT molecular complexity index is 1300. The van der Waals surface area contributed by atoms with Gasteiger partial charge in [-0.25, -0.2) is 30.9 Å². The molecule has 1 unspecified atom stereocenters. The summed E-state index contributed by atoms with van der Waals surface area (Å²) >= 11 is 5.71. The second-order valence-electron chi connectivity index (χ2n) is 7.38. The van der Waals surface area contributed by atoms with Gasteiger partial charge in [0.05, 0.1) is 16.3 Å². The van der Waals surface area contributed by atoms with Crippen LogP contribution in [0.25, 0.3) is 11.9 Å². The monoisotopic (exact) mass is 512 g/mol. The van der Waals surface area contributed by atoms with Crippen molar-refractivity contribution in [1.29, 1.82) is 0 Å². The Morgan fingerprint density at radius 3 is 2.45 bits per heavy atom. The summed E-state index contributed by atoms with van der Waals surface area (Å²) in [6.45, 7) is 1.21. The Morgan fingerprint density at radius 2 is 1.91 bits per heavy atom. The van der Waals surface area contributed by atoms with Gasteiger partial charge in [0.1, 0.15) is 11.2 Å². The van der Waals surface area contributed by atoms with Gasteiger partial charge in [-0.15, -0.1) is 0 Å². The fourth-order valence-corrected chi connectivity index (χ4v) is 4.86. The number of nitrogens with zero attached hydrogens (tertiary/aromatic N) is 3. The third-order valence-electron chi connectivity index (χ3n) is 4.88. The molecule has 0 radical (unpaired) electrons. The van der Waals surface area contributed by atoms with E-state index in [-0.39, 0.29) is 5.56 Å². The molecule has 6 nitrogen and oxygen atoms in total. The van der Waals surface area contributed by atoms with E-state index >= 15 is 0 Å². The largest absolute Gasteiger partial charge is 0.417 e. The second-order valence-corrected chi connectivity index (χ2v) is 9.78. The average molecular weight is 513 g/mol. The zero-order valence-electron chi connectivity index (χ0n) is 16.9. The number of alkyl halides is 3. The number of hydrogen-bond donors (Lipinski definition) is 1. The van der Waals surface area contributed by atoms with Crippen molar-refractivity contribution in [3.8, 4) is 0 Å². The van der Waals surface area contributed by atoms with Crippen LogP contribution in [-0.4, -0.2) is 36.5 Å². The maximum Gasteiger partial charge on any atom is 0.417 e. The third-order valence-corrected chi connectivity index (χ3v) is 7.12. The number of halogens is 7. The Balaban J connectivity index is 2.10. The van der Waals surface area contributed by atoms with Crippen LogP contribution < -0.4 is 5.73 Å². The minimum atomic E-state index is -4.75. The Hall–Kier alpha value is -2.80. The molecule has 14 heteroatoms. The molecule has 2 aromatic rings. The molecule has 0 fully saturated rings. The number of rotatable bonds is 3. The van der Waals surface area contributed by atoms with E-state index in [0.717, 1.165) is 13.1 Å². The topological polar surface area (TPSA) is 88.7 Å². The summed E-state index contributed by atoms with van der Waals surface area (Å²) in [6.07, 6.45) is -3.73. The summed E-state index contributed by atoms with van der Waals surface area (Å²) in [6, 6.07) is 2.03. The fourth-order valence-electron chi connectivity index (χ4n) is 3.16. The minimum absolute atomic E-state index is 0.287. The quantitative estimate of drug-likeness (QED) is 0.621. The van der Waals surface area contributed by atoms with E-state index < -0.39 is 72.8 Å². The van der Waals surface area contributed by atoms with Gasteiger partial charge in [-0.2, -0.15) is 13.2 Å². The maximum atomic E-state index is 14.7. The molecule has 1 aliphatic heterocycles. The number of hydrogen-bond acceptors (Lipinski definition) is 5. The number of aromatic nitrogens is 1. The summed E-state index contributed by atoms with van der Waals surface area (Å²) in [5.74, 6) is -5.32. The lowest BCUT2D eigenvalue weighted by molar-refractivity contribution is -0.137. The molecular weight excluding hydrogens is 498 g/mol. The Labute approximate surface area is 189 Å². The van der Waals surface area contributed by atoms with Crippen LogP contribution in [0.4, 0.5) is 26.3 Å². The molecule has 0 amide bonds. The van der Waals surface area contributed by atoms with Gasteiger partial charge in [0.15, 0.2) is 17.5 Å². The molecule has 0 spiro atoms. The van der Waals surface area contributed by atoms with E-state index in [0.29, 0.717) is 28.7 Å². The minimum Gasteiger partial charge on any atom is -0.369 e. The number of guanidine groups is 1. The van der Waals surface area contributed by atoms with Gasteiger partial charge in [-0.3, -0.25) is 4.98 Å². The smallest absolute Gasteiger partial charge is 0.369 e. The highest BCUT2D eigenvalue weighted by Crippen LogP contribution is 2.36. The summed E-state index contributed by atoms with van der Waals surface area (Å²) in [7, 11) is -2.88. The van der Waals surface area contributed by atoms with Crippen molar-refractivity contribution < 1.29 is 34.8 Å². The van der Waals surface area contributed by atoms with Crippen molar-refractivity contribution in [2.45, 2.75) is 18.6 Å². The number of nitrogens with two attached hydrogens (primary N) is 1. The zero-order valence-corrected chi connectivity index (χ0v) is 18.5. The van der Waals surface area contributed by atoms with Crippen molar-refractivity contribution in [2.75, 3.05) is 12.8 Å². The molecule has 2 heterocycles. The van der Waals surface area contributed by atoms with Crippen molar-refractivity contribution in [3.05, 3.63) is 63.4 Å². The number of benzene rings is 1. The normalized spacial score (nSPS) is 21.2. The fraction of sp³-hybridized carbons (Fsp3) is 0.263. The molecule has 1 aromatic heterocycles. The van der Waals surface area contributed by atoms with E-state index in [4.69, 9.17) is 17.3 Å². The molecule has 1 aliphatic rings. The molecule has 0 aliphatic carbocycles. The molecule has 3 rings (SSSR count). The second kappa shape index (κ2) is 8.20. The van der Waals surface area contributed by atoms with Crippen LogP contribution in [0.5, 0.6) is 0 Å². The summed E-state index contributed by atoms with van der Waals surface area (Å²) < 4.78 is 107. The van der Waals surface area contributed by atoms with Gasteiger partial charge in [0.2, 0.25) is 16.0 Å². The highest BCUT2D eigenvalue weighted by atomic mass is 35.5. The lowest BCUT2D eigenvalue weighted by Crippen LogP contribution is -2.50. The van der Waals surface area contributed by atoms with Crippen LogP contribution in [0.3, 0.4) is 0 Å². The highest BCUT2D eigenvalue weighted by Gasteiger charge is 2.42. The van der Waals surface area contributed by atoms with Crippen LogP contribution >= 0.6 is 11.6 Å². The molecular formula is C19H15ClF6N4O2S. The number of aliphatic imine (C=N–C) groups is 1. The molecule has 1 aromatic carbocycles. The van der Waals surface area contributed by atoms with Gasteiger partial charge >= 0.3 is 6.18 Å². The molecule has 0 bridgehead atoms. The van der Waals surface area contributed by atoms with Gasteiger partial charge in [-0.05, 0) is 36.8 Å². The maximum absolute atomic E-state index is 14.7. The van der Waals surface area contributed by atoms with E-state index in [2.05, 4.69) is 9.98 Å². The van der Waals surface area contributed by atoms with Gasteiger partial charge in [0.25, 0.3) is 0 Å². The lowest BCUT2D eigenvalue weighted by atomic mass is 9.92. The molecule has 0 saturated carbocycles. The number of sulfonamides is 1. The van der Waals surface area contributed by atoms with Crippen molar-refractivity contribution in [3.63, 3.8) is 0 Å². The van der Waals surface area contributed by atoms with Crippen LogP contribution in [0.15, 0.2) is 29.4 Å². The summed E-state index contributed by atoms with van der Waals surface area (Å²) in [4.78, 5) is 7.33. The molecule has 2 N–H and O–H groups in total. The number of pyridine rings is 1. The van der Waals surface area contributed by atoms with E-state index in [9.17, 15) is 34.8 Å². The van der Waals surface area contributed by atoms with Crippen LogP contribution in [0, 0.1) is 11.6 Å². The van der Waals surface area contributed by atoms with Crippen molar-refractivity contribution in [1.82, 2.24) is 9.29 Å². The van der Waals surface area contributed by atoms with Crippen LogP contribution in [-0.2, 0) is 21.7 Å². The molecule has 178 valence electrons. The first-order valence-electron chi connectivity index (χ1n) is 8.97. The highest BCUT2D eigenvalue weighted by molar-refractivity contribution is 7.89. The van der Waals surface area contributed by atoms with Gasteiger partial charge < -0.3 is 5.73 Å². The van der Waals surface area contributed by atoms with Crippen LogP contribution in [0.2, 0.25) is 5.02 Å². The standard InChI is InChI=1S/C19H15ClF6N4O2S/c1-18(8-33(31,32)30(2)17(27)29-18)11-3-9(4-13(21)15(11)23)5-14(22)16-12(20)6-10(7-28-16)19(24,25)26/h3-7H,8H2,1-2H3,(H2,27,29). The van der Waals surface area contributed by atoms with Gasteiger partial charge in [0, 0.05) is 18.8 Å². The lowest BCUT2D eigenvalue weighted by Gasteiger charge is -2.34. The Kier molecular flexibility index (Phi) is 6.17. The van der Waals surface area contributed by atoms with E-state index in [1.165, 1.54) is 6.92 Å². The predicted molar refractivity (Wildman–Crippen MR) is 110 cm³/mol. The van der Waals surface area contributed by atoms with E-state index in [1.807, 2.05) is 0 Å². The van der Waals surface area contributed by atoms with Gasteiger partial charge in [-0.1, -0.05) is 11.6 Å². The third kappa shape index (κ3) is 4.78. The summed E-state index contributed by atoms with van der Waals surface area (Å²) in [5.41, 5.74) is 1.10. The molecule has 33 heavy (non-hydrogen) atoms. The SMILES string of the molecule is CN1C(N)=NC(C)(c2cc(C=C(F)c3ncc(C(F)(F)F)cc3Cl)cc(F)c2F)CS1(=O)=O. The first-order valence-corrected chi connectivity index (χ1v) is 11.0. The summed E-state index contributed by atoms with van der Waals surface area (Å²) in [5, 5.41) is -0.660. The van der Waals surface area contributed by atoms with Crippen molar-refractivity contribution >= 4 is 39.5 Å².